The first-order valence-electron chi connectivity index (χ1n) is 5.11. The van der Waals surface area contributed by atoms with Crippen LogP contribution in [0.5, 0.6) is 0 Å². The molecule has 0 saturated heterocycles. The van der Waals surface area contributed by atoms with Crippen molar-refractivity contribution in [3.05, 3.63) is 12.7 Å². The smallest absolute Gasteiger partial charge is 0.317 e. The Morgan fingerprint density at radius 3 is 2.64 bits per heavy atom. The summed E-state index contributed by atoms with van der Waals surface area (Å²) in [5, 5.41) is 8.64. The predicted octanol–water partition coefficient (Wildman–Crippen LogP) is 2.00. The minimum atomic E-state index is -0.767. The van der Waals surface area contributed by atoms with E-state index in [1.54, 1.807) is 6.08 Å². The van der Waals surface area contributed by atoms with Crippen molar-refractivity contribution in [1.29, 1.82) is 0 Å². The SMILES string of the molecule is C=CCN(CCCC(C)C)CC(=O)O. The van der Waals surface area contributed by atoms with Gasteiger partial charge in [-0.1, -0.05) is 19.9 Å². The maximum Gasteiger partial charge on any atom is 0.317 e. The predicted molar refractivity (Wildman–Crippen MR) is 58.3 cm³/mol. The highest BCUT2D eigenvalue weighted by atomic mass is 16.4. The van der Waals surface area contributed by atoms with Crippen LogP contribution in [0.2, 0.25) is 0 Å². The number of aliphatic carboxylic acids is 1. The van der Waals surface area contributed by atoms with Gasteiger partial charge in [0, 0.05) is 6.54 Å². The number of carboxylic acids is 1. The Labute approximate surface area is 86.4 Å². The van der Waals surface area contributed by atoms with E-state index in [0.717, 1.165) is 19.4 Å². The van der Waals surface area contributed by atoms with Crippen molar-refractivity contribution in [2.75, 3.05) is 19.6 Å². The van der Waals surface area contributed by atoms with Crippen LogP contribution in [0.3, 0.4) is 0 Å². The summed E-state index contributed by atoms with van der Waals surface area (Å²) >= 11 is 0. The molecule has 0 amide bonds. The molecule has 0 fully saturated rings. The van der Waals surface area contributed by atoms with E-state index in [-0.39, 0.29) is 6.54 Å². The molecular weight excluding hydrogens is 178 g/mol. The van der Waals surface area contributed by atoms with Crippen LogP contribution in [0.4, 0.5) is 0 Å². The molecule has 0 bridgehead atoms. The van der Waals surface area contributed by atoms with Crippen molar-refractivity contribution in [2.45, 2.75) is 26.7 Å². The summed E-state index contributed by atoms with van der Waals surface area (Å²) in [6.45, 7) is 9.58. The van der Waals surface area contributed by atoms with Gasteiger partial charge in [-0.2, -0.15) is 0 Å². The molecule has 0 unspecified atom stereocenters. The minimum Gasteiger partial charge on any atom is -0.480 e. The summed E-state index contributed by atoms with van der Waals surface area (Å²) in [7, 11) is 0. The third kappa shape index (κ3) is 7.80. The second-order valence-electron chi connectivity index (χ2n) is 3.95. The van der Waals surface area contributed by atoms with E-state index >= 15 is 0 Å². The number of hydrogen-bond donors (Lipinski definition) is 1. The van der Waals surface area contributed by atoms with Gasteiger partial charge in [0.2, 0.25) is 0 Å². The van der Waals surface area contributed by atoms with E-state index in [0.29, 0.717) is 12.5 Å². The standard InChI is InChI=1S/C11H21NO2/c1-4-7-12(9-11(13)14)8-5-6-10(2)3/h4,10H,1,5-9H2,2-3H3,(H,13,14). The molecule has 1 N–H and O–H groups in total. The normalized spacial score (nSPS) is 10.9. The zero-order valence-electron chi connectivity index (χ0n) is 9.20. The van der Waals surface area contributed by atoms with Crippen molar-refractivity contribution in [3.8, 4) is 0 Å². The number of rotatable bonds is 8. The Morgan fingerprint density at radius 2 is 2.21 bits per heavy atom. The van der Waals surface area contributed by atoms with Gasteiger partial charge >= 0.3 is 5.97 Å². The van der Waals surface area contributed by atoms with Crippen LogP contribution >= 0.6 is 0 Å². The summed E-state index contributed by atoms with van der Waals surface area (Å²) in [6.07, 6.45) is 3.95. The Hall–Kier alpha value is -0.830. The second-order valence-corrected chi connectivity index (χ2v) is 3.95. The van der Waals surface area contributed by atoms with Gasteiger partial charge in [-0.25, -0.2) is 0 Å². The molecule has 0 atom stereocenters. The molecule has 0 aromatic heterocycles. The van der Waals surface area contributed by atoms with Gasteiger partial charge in [0.15, 0.2) is 0 Å². The zero-order chi connectivity index (χ0) is 11.0. The molecule has 0 aliphatic heterocycles. The number of carbonyl (C=O) groups is 1. The first-order valence-corrected chi connectivity index (χ1v) is 5.11. The van der Waals surface area contributed by atoms with Gasteiger partial charge in [-0.05, 0) is 25.3 Å². The molecule has 3 heteroatoms. The monoisotopic (exact) mass is 199 g/mol. The van der Waals surface area contributed by atoms with E-state index in [9.17, 15) is 4.79 Å². The molecule has 3 nitrogen and oxygen atoms in total. The lowest BCUT2D eigenvalue weighted by molar-refractivity contribution is -0.138. The van der Waals surface area contributed by atoms with Crippen molar-refractivity contribution < 1.29 is 9.90 Å². The summed E-state index contributed by atoms with van der Waals surface area (Å²) in [5.74, 6) is -0.0817. The Kier molecular flexibility index (Phi) is 7.11. The molecule has 0 radical (unpaired) electrons. The molecule has 0 rings (SSSR count). The molecule has 0 saturated carbocycles. The molecule has 0 aromatic carbocycles. The van der Waals surface area contributed by atoms with Gasteiger partial charge in [0.05, 0.1) is 6.54 Å². The fraction of sp³-hybridized carbons (Fsp3) is 0.727. The lowest BCUT2D eigenvalue weighted by Crippen LogP contribution is -2.31. The molecule has 82 valence electrons. The zero-order valence-corrected chi connectivity index (χ0v) is 9.20. The molecule has 0 spiro atoms. The molecule has 0 aromatic rings. The minimum absolute atomic E-state index is 0.115. The van der Waals surface area contributed by atoms with Crippen LogP contribution < -0.4 is 0 Å². The highest BCUT2D eigenvalue weighted by Gasteiger charge is 2.07. The van der Waals surface area contributed by atoms with Crippen molar-refractivity contribution >= 4 is 5.97 Å². The summed E-state index contributed by atoms with van der Waals surface area (Å²) < 4.78 is 0. The topological polar surface area (TPSA) is 40.5 Å². The maximum absolute atomic E-state index is 10.5. The number of nitrogens with zero attached hydrogens (tertiary/aromatic N) is 1. The van der Waals surface area contributed by atoms with Crippen LogP contribution in [0.25, 0.3) is 0 Å². The van der Waals surface area contributed by atoms with Gasteiger partial charge in [-0.3, -0.25) is 9.69 Å². The van der Waals surface area contributed by atoms with Crippen LogP contribution in [-0.4, -0.2) is 35.6 Å². The first kappa shape index (κ1) is 13.2. The van der Waals surface area contributed by atoms with E-state index in [1.807, 2.05) is 4.90 Å². The maximum atomic E-state index is 10.5. The average molecular weight is 199 g/mol. The largest absolute Gasteiger partial charge is 0.480 e. The fourth-order valence-electron chi connectivity index (χ4n) is 1.33. The van der Waals surface area contributed by atoms with E-state index in [2.05, 4.69) is 20.4 Å². The molecule has 0 heterocycles. The van der Waals surface area contributed by atoms with Crippen molar-refractivity contribution in [1.82, 2.24) is 4.90 Å². The Balaban J connectivity index is 3.72. The van der Waals surface area contributed by atoms with E-state index in [4.69, 9.17) is 5.11 Å². The number of carboxylic acid groups (broad SMARTS) is 1. The summed E-state index contributed by atoms with van der Waals surface area (Å²) in [6, 6.07) is 0. The van der Waals surface area contributed by atoms with Crippen LogP contribution in [0.15, 0.2) is 12.7 Å². The second kappa shape index (κ2) is 7.56. The third-order valence-electron chi connectivity index (χ3n) is 2.00. The fourth-order valence-corrected chi connectivity index (χ4v) is 1.33. The van der Waals surface area contributed by atoms with Crippen LogP contribution in [0.1, 0.15) is 26.7 Å². The third-order valence-corrected chi connectivity index (χ3v) is 2.00. The van der Waals surface area contributed by atoms with Gasteiger partial charge < -0.3 is 5.11 Å². The lowest BCUT2D eigenvalue weighted by Gasteiger charge is -2.18. The van der Waals surface area contributed by atoms with Gasteiger partial charge in [-0.15, -0.1) is 6.58 Å². The lowest BCUT2D eigenvalue weighted by atomic mass is 10.1. The van der Waals surface area contributed by atoms with Gasteiger partial charge in [0.1, 0.15) is 0 Å². The van der Waals surface area contributed by atoms with Crippen LogP contribution in [-0.2, 0) is 4.79 Å². The molecule has 14 heavy (non-hydrogen) atoms. The van der Waals surface area contributed by atoms with Crippen molar-refractivity contribution in [3.63, 3.8) is 0 Å². The molecular formula is C11H21NO2. The van der Waals surface area contributed by atoms with Crippen LogP contribution in [0, 0.1) is 5.92 Å². The van der Waals surface area contributed by atoms with Crippen molar-refractivity contribution in [2.24, 2.45) is 5.92 Å². The molecule has 0 aliphatic rings. The number of hydrogen-bond acceptors (Lipinski definition) is 2. The highest BCUT2D eigenvalue weighted by Crippen LogP contribution is 2.04. The highest BCUT2D eigenvalue weighted by molar-refractivity contribution is 5.69. The molecule has 0 aliphatic carbocycles. The van der Waals surface area contributed by atoms with E-state index in [1.165, 1.54) is 0 Å². The Bertz CT molecular complexity index is 178. The quantitative estimate of drug-likeness (QED) is 0.608. The Morgan fingerprint density at radius 1 is 1.57 bits per heavy atom. The summed E-state index contributed by atoms with van der Waals surface area (Å²) in [5.41, 5.74) is 0. The average Bonchev–Trinajstić information content (AvgIpc) is 2.02. The van der Waals surface area contributed by atoms with Gasteiger partial charge in [0.25, 0.3) is 0 Å². The first-order chi connectivity index (χ1) is 6.56. The summed E-state index contributed by atoms with van der Waals surface area (Å²) in [4.78, 5) is 12.4. The van der Waals surface area contributed by atoms with E-state index < -0.39 is 5.97 Å².